The Kier molecular flexibility index (Phi) is 4.04. The summed E-state index contributed by atoms with van der Waals surface area (Å²) >= 11 is 3.38. The minimum Gasteiger partial charge on any atom is -0.352 e. The first-order chi connectivity index (χ1) is 11.8. The van der Waals surface area contributed by atoms with E-state index in [9.17, 15) is 4.79 Å². The molecule has 4 rings (SSSR count). The maximum atomic E-state index is 12.1. The summed E-state index contributed by atoms with van der Waals surface area (Å²) in [4.78, 5) is 16.9. The summed E-state index contributed by atoms with van der Waals surface area (Å²) in [5, 5.41) is 7.33. The van der Waals surface area contributed by atoms with Gasteiger partial charge in [0.25, 0.3) is 5.91 Å². The van der Waals surface area contributed by atoms with Gasteiger partial charge < -0.3 is 5.32 Å². The van der Waals surface area contributed by atoms with Crippen LogP contribution in [-0.2, 0) is 0 Å². The summed E-state index contributed by atoms with van der Waals surface area (Å²) in [6, 6.07) is 14.1. The predicted molar refractivity (Wildman–Crippen MR) is 103 cm³/mol. The number of fused-ring (bicyclic) bond motifs is 2. The number of amides is 1. The molecule has 0 fully saturated rings. The Morgan fingerprint density at radius 3 is 2.92 bits per heavy atom. The first kappa shape index (κ1) is 15.3. The third-order valence-electron chi connectivity index (χ3n) is 3.90. The van der Waals surface area contributed by atoms with Gasteiger partial charge in [-0.3, -0.25) is 4.79 Å². The molecular weight excluding hydrogens is 336 g/mol. The molecule has 0 unspecified atom stereocenters. The zero-order valence-corrected chi connectivity index (χ0v) is 14.8. The van der Waals surface area contributed by atoms with E-state index in [4.69, 9.17) is 4.98 Å². The molecule has 4 aromatic rings. The Bertz CT molecular complexity index is 1030. The summed E-state index contributed by atoms with van der Waals surface area (Å²) in [7, 11) is 0. The molecule has 3 nitrogen and oxygen atoms in total. The summed E-state index contributed by atoms with van der Waals surface area (Å²) in [6.45, 7) is 2.75. The number of aromatic nitrogens is 1. The second-order valence-electron chi connectivity index (χ2n) is 5.60. The van der Waals surface area contributed by atoms with Crippen LogP contribution in [0.4, 0.5) is 0 Å². The van der Waals surface area contributed by atoms with Crippen molar-refractivity contribution in [2.75, 3.05) is 6.54 Å². The molecule has 2 heterocycles. The quantitative estimate of drug-likeness (QED) is 0.540. The van der Waals surface area contributed by atoms with E-state index >= 15 is 0 Å². The number of thiazole rings is 1. The van der Waals surface area contributed by atoms with Gasteiger partial charge in [-0.2, -0.15) is 0 Å². The fourth-order valence-electron chi connectivity index (χ4n) is 2.67. The van der Waals surface area contributed by atoms with E-state index in [1.807, 2.05) is 25.1 Å². The van der Waals surface area contributed by atoms with E-state index in [0.717, 1.165) is 21.6 Å². The highest BCUT2D eigenvalue weighted by atomic mass is 32.1. The summed E-state index contributed by atoms with van der Waals surface area (Å²) < 4.78 is 2.32. The SMILES string of the molecule is CCCNC(=O)c1ccc2nc(-c3csc4ccccc34)sc2c1. The topological polar surface area (TPSA) is 42.0 Å². The van der Waals surface area contributed by atoms with Crippen molar-refractivity contribution in [1.29, 1.82) is 0 Å². The molecule has 2 aromatic carbocycles. The Hall–Kier alpha value is -2.24. The number of hydrogen-bond donors (Lipinski definition) is 1. The second kappa shape index (κ2) is 6.34. The average Bonchev–Trinajstić information content (AvgIpc) is 3.22. The first-order valence-corrected chi connectivity index (χ1v) is 9.61. The largest absolute Gasteiger partial charge is 0.352 e. The van der Waals surface area contributed by atoms with E-state index < -0.39 is 0 Å². The lowest BCUT2D eigenvalue weighted by Gasteiger charge is -2.02. The zero-order valence-electron chi connectivity index (χ0n) is 13.2. The number of carbonyl (C=O) groups excluding carboxylic acids is 1. The van der Waals surface area contributed by atoms with Crippen molar-refractivity contribution >= 4 is 48.9 Å². The highest BCUT2D eigenvalue weighted by molar-refractivity contribution is 7.22. The Morgan fingerprint density at radius 1 is 1.17 bits per heavy atom. The lowest BCUT2D eigenvalue weighted by atomic mass is 10.2. The van der Waals surface area contributed by atoms with Gasteiger partial charge in [0.15, 0.2) is 0 Å². The van der Waals surface area contributed by atoms with Crippen LogP contribution in [0.3, 0.4) is 0 Å². The molecule has 0 aliphatic heterocycles. The predicted octanol–water partition coefficient (Wildman–Crippen LogP) is 5.32. The molecule has 0 aliphatic carbocycles. The maximum absolute atomic E-state index is 12.1. The van der Waals surface area contributed by atoms with Gasteiger partial charge in [-0.15, -0.1) is 22.7 Å². The average molecular weight is 352 g/mol. The number of nitrogens with one attached hydrogen (secondary N) is 1. The van der Waals surface area contributed by atoms with E-state index in [0.29, 0.717) is 12.1 Å². The molecule has 0 bridgehead atoms. The van der Waals surface area contributed by atoms with Crippen LogP contribution in [0.2, 0.25) is 0 Å². The molecule has 1 amide bonds. The van der Waals surface area contributed by atoms with Crippen LogP contribution >= 0.6 is 22.7 Å². The molecule has 0 spiro atoms. The second-order valence-corrected chi connectivity index (χ2v) is 7.54. The summed E-state index contributed by atoms with van der Waals surface area (Å²) in [6.07, 6.45) is 0.934. The van der Waals surface area contributed by atoms with Crippen LogP contribution in [-0.4, -0.2) is 17.4 Å². The van der Waals surface area contributed by atoms with Gasteiger partial charge in [0.2, 0.25) is 0 Å². The molecule has 24 heavy (non-hydrogen) atoms. The van der Waals surface area contributed by atoms with Gasteiger partial charge in [0, 0.05) is 33.1 Å². The lowest BCUT2D eigenvalue weighted by Crippen LogP contribution is -2.23. The molecule has 0 atom stereocenters. The van der Waals surface area contributed by atoms with E-state index in [-0.39, 0.29) is 5.91 Å². The van der Waals surface area contributed by atoms with E-state index in [1.165, 1.54) is 15.6 Å². The number of rotatable bonds is 4. The number of hydrogen-bond acceptors (Lipinski definition) is 4. The molecule has 1 N–H and O–H groups in total. The molecule has 0 saturated heterocycles. The molecule has 5 heteroatoms. The Balaban J connectivity index is 1.74. The standard InChI is InChI=1S/C19H16N2OS2/c1-2-9-20-18(22)12-7-8-15-17(10-12)24-19(21-15)14-11-23-16-6-4-3-5-13(14)16/h3-8,10-11H,2,9H2,1H3,(H,20,22). The minimum absolute atomic E-state index is 0.0188. The van der Waals surface area contributed by atoms with Crippen LogP contribution in [0.25, 0.3) is 30.9 Å². The van der Waals surface area contributed by atoms with Crippen LogP contribution in [0.15, 0.2) is 47.8 Å². The fourth-order valence-corrected chi connectivity index (χ4v) is 4.72. The Labute approximate surface area is 148 Å². The highest BCUT2D eigenvalue weighted by Gasteiger charge is 2.13. The third kappa shape index (κ3) is 2.70. The molecule has 2 aromatic heterocycles. The van der Waals surface area contributed by atoms with Crippen molar-refractivity contribution < 1.29 is 4.79 Å². The van der Waals surface area contributed by atoms with Crippen molar-refractivity contribution in [2.45, 2.75) is 13.3 Å². The molecule has 0 radical (unpaired) electrons. The molecule has 120 valence electrons. The molecule has 0 aliphatic rings. The van der Waals surface area contributed by atoms with Crippen LogP contribution in [0, 0.1) is 0 Å². The fraction of sp³-hybridized carbons (Fsp3) is 0.158. The smallest absolute Gasteiger partial charge is 0.251 e. The summed E-state index contributed by atoms with van der Waals surface area (Å²) in [5.41, 5.74) is 2.81. The van der Waals surface area contributed by atoms with Gasteiger partial charge >= 0.3 is 0 Å². The van der Waals surface area contributed by atoms with Crippen LogP contribution < -0.4 is 5.32 Å². The third-order valence-corrected chi connectivity index (χ3v) is 5.91. The minimum atomic E-state index is -0.0188. The van der Waals surface area contributed by atoms with Crippen LogP contribution in [0.1, 0.15) is 23.7 Å². The van der Waals surface area contributed by atoms with Crippen LogP contribution in [0.5, 0.6) is 0 Å². The maximum Gasteiger partial charge on any atom is 0.251 e. The van der Waals surface area contributed by atoms with Gasteiger partial charge in [-0.05, 0) is 30.7 Å². The van der Waals surface area contributed by atoms with Crippen molar-refractivity contribution in [3.63, 3.8) is 0 Å². The van der Waals surface area contributed by atoms with Crippen molar-refractivity contribution in [3.8, 4) is 10.6 Å². The van der Waals surface area contributed by atoms with Gasteiger partial charge in [-0.25, -0.2) is 4.98 Å². The van der Waals surface area contributed by atoms with Crippen molar-refractivity contribution in [1.82, 2.24) is 10.3 Å². The van der Waals surface area contributed by atoms with E-state index in [1.54, 1.807) is 22.7 Å². The molecular formula is C19H16N2OS2. The monoisotopic (exact) mass is 352 g/mol. The Morgan fingerprint density at radius 2 is 2.04 bits per heavy atom. The zero-order chi connectivity index (χ0) is 16.5. The van der Waals surface area contributed by atoms with Crippen molar-refractivity contribution in [3.05, 3.63) is 53.4 Å². The number of nitrogens with zero attached hydrogens (tertiary/aromatic N) is 1. The highest BCUT2D eigenvalue weighted by Crippen LogP contribution is 2.38. The van der Waals surface area contributed by atoms with Gasteiger partial charge in [-0.1, -0.05) is 25.1 Å². The number of carbonyl (C=O) groups is 1. The normalized spacial score (nSPS) is 11.2. The lowest BCUT2D eigenvalue weighted by molar-refractivity contribution is 0.0954. The van der Waals surface area contributed by atoms with Gasteiger partial charge in [0.1, 0.15) is 5.01 Å². The van der Waals surface area contributed by atoms with Crippen molar-refractivity contribution in [2.24, 2.45) is 0 Å². The first-order valence-electron chi connectivity index (χ1n) is 7.91. The van der Waals surface area contributed by atoms with Gasteiger partial charge in [0.05, 0.1) is 10.2 Å². The molecule has 0 saturated carbocycles. The number of thiophene rings is 1. The van der Waals surface area contributed by atoms with E-state index in [2.05, 4.69) is 35.0 Å². The number of benzene rings is 2. The summed E-state index contributed by atoms with van der Waals surface area (Å²) in [5.74, 6) is -0.0188.